The van der Waals surface area contributed by atoms with E-state index in [2.05, 4.69) is 9.78 Å². The lowest BCUT2D eigenvalue weighted by Crippen LogP contribution is -2.36. The third-order valence-electron chi connectivity index (χ3n) is 1.71. The highest BCUT2D eigenvalue weighted by Gasteiger charge is 2.17. The van der Waals surface area contributed by atoms with Crippen LogP contribution in [0.1, 0.15) is 19.8 Å². The van der Waals surface area contributed by atoms with Crippen LogP contribution >= 0.6 is 0 Å². The molecule has 0 aliphatic carbocycles. The largest absolute Gasteiger partial charge is 0.372 e. The third kappa shape index (κ3) is 7.09. The highest BCUT2D eigenvalue weighted by atomic mass is 17.2. The smallest absolute Gasteiger partial charge is 0.368 e. The Kier molecular flexibility index (Phi) is 6.60. The maximum absolute atomic E-state index is 11.1. The average Bonchev–Trinajstić information content (AvgIpc) is 2.25. The predicted octanol–water partition coefficient (Wildman–Crippen LogP) is -1.30. The molecule has 0 fully saturated rings. The van der Waals surface area contributed by atoms with Gasteiger partial charge in [0.15, 0.2) is 0 Å². The van der Waals surface area contributed by atoms with Crippen LogP contribution in [0.25, 0.3) is 0 Å². The number of hydrogen-bond donors (Lipinski definition) is 4. The van der Waals surface area contributed by atoms with Crippen molar-refractivity contribution in [3.05, 3.63) is 0 Å². The third-order valence-corrected chi connectivity index (χ3v) is 1.71. The van der Waals surface area contributed by atoms with Gasteiger partial charge in [0.05, 0.1) is 0 Å². The van der Waals surface area contributed by atoms with Gasteiger partial charge < -0.3 is 11.5 Å². The lowest BCUT2D eigenvalue weighted by Gasteiger charge is -2.15. The van der Waals surface area contributed by atoms with Gasteiger partial charge in [-0.25, -0.2) is 24.4 Å². The second-order valence-corrected chi connectivity index (χ2v) is 3.23. The topological polar surface area (TPSA) is 152 Å². The van der Waals surface area contributed by atoms with Crippen LogP contribution in [0, 0.1) is 5.41 Å². The highest BCUT2D eigenvalue weighted by molar-refractivity contribution is 5.76. The molecular weight excluding hydrogens is 232 g/mol. The van der Waals surface area contributed by atoms with Crippen molar-refractivity contribution in [1.29, 1.82) is 5.41 Å². The van der Waals surface area contributed by atoms with Gasteiger partial charge in [-0.05, 0) is 12.8 Å². The van der Waals surface area contributed by atoms with Crippen LogP contribution < -0.4 is 11.5 Å². The number of carbonyl (C=O) groups excluding carboxylic acids is 2. The summed E-state index contributed by atoms with van der Waals surface area (Å²) >= 11 is 0. The summed E-state index contributed by atoms with van der Waals surface area (Å²) in [6, 6.07) is -0.977. The molecular formula is C8H16N4O5. The molecule has 9 heteroatoms. The van der Waals surface area contributed by atoms with E-state index >= 15 is 0 Å². The molecule has 0 aromatic rings. The van der Waals surface area contributed by atoms with E-state index in [9.17, 15) is 9.59 Å². The quantitative estimate of drug-likeness (QED) is 0.203. The highest BCUT2D eigenvalue weighted by Crippen LogP contribution is 1.99. The molecule has 0 amide bonds. The van der Waals surface area contributed by atoms with Crippen LogP contribution in [0.3, 0.4) is 0 Å². The lowest BCUT2D eigenvalue weighted by atomic mass is 10.2. The Labute approximate surface area is 97.6 Å². The van der Waals surface area contributed by atoms with Crippen LogP contribution in [-0.2, 0) is 19.4 Å². The summed E-state index contributed by atoms with van der Waals surface area (Å²) in [5.41, 5.74) is 10.4. The van der Waals surface area contributed by atoms with E-state index in [1.807, 2.05) is 0 Å². The molecule has 1 atom stereocenters. The van der Waals surface area contributed by atoms with Gasteiger partial charge in [-0.3, -0.25) is 10.6 Å². The van der Waals surface area contributed by atoms with Crippen molar-refractivity contribution in [3.8, 4) is 0 Å². The van der Waals surface area contributed by atoms with Crippen molar-refractivity contribution in [1.82, 2.24) is 5.06 Å². The van der Waals surface area contributed by atoms with Crippen LogP contribution in [-0.4, -0.2) is 40.8 Å². The first kappa shape index (κ1) is 15.1. The Balaban J connectivity index is 3.78. The first-order valence-electron chi connectivity index (χ1n) is 4.79. The fraction of sp³-hybridized carbons (Fsp3) is 0.625. The molecule has 0 unspecified atom stereocenters. The maximum Gasteiger partial charge on any atom is 0.372 e. The summed E-state index contributed by atoms with van der Waals surface area (Å²) in [4.78, 5) is 29.5. The number of nitrogens with two attached hydrogens (primary N) is 2. The minimum absolute atomic E-state index is 0.0594. The summed E-state index contributed by atoms with van der Waals surface area (Å²) in [6.07, 6.45) is 0.497. The molecule has 0 aliphatic heterocycles. The van der Waals surface area contributed by atoms with E-state index in [0.29, 0.717) is 11.5 Å². The number of rotatable bonds is 5. The molecule has 6 N–H and O–H groups in total. The number of hydroxylamine groups is 2. The zero-order chi connectivity index (χ0) is 13.4. The number of carbonyl (C=O) groups is 2. The van der Waals surface area contributed by atoms with Crippen LogP contribution in [0.4, 0.5) is 0 Å². The van der Waals surface area contributed by atoms with Crippen molar-refractivity contribution >= 4 is 17.9 Å². The molecule has 0 aromatic carbocycles. The van der Waals surface area contributed by atoms with E-state index in [1.54, 1.807) is 0 Å². The van der Waals surface area contributed by atoms with Gasteiger partial charge >= 0.3 is 11.9 Å². The van der Waals surface area contributed by atoms with Crippen LogP contribution in [0.5, 0.6) is 0 Å². The first-order chi connectivity index (χ1) is 7.84. The lowest BCUT2D eigenvalue weighted by molar-refractivity contribution is -0.258. The number of hydrogen-bond acceptors (Lipinski definition) is 7. The van der Waals surface area contributed by atoms with Crippen molar-refractivity contribution in [3.63, 3.8) is 0 Å². The van der Waals surface area contributed by atoms with E-state index < -0.39 is 23.9 Å². The Bertz CT molecular complexity index is 296. The standard InChI is InChI=1S/C8H16N4O5/c1-5(13)16-17-7(14)6(9)3-2-4-12(15)8(10)11/h6,15H,2-4,9H2,1H3,(H3,10,11)/t6-/m0/s1. The molecule has 0 rings (SSSR count). The Hall–Kier alpha value is -1.87. The number of nitrogens with zero attached hydrogens (tertiary/aromatic N) is 1. The fourth-order valence-electron chi connectivity index (χ4n) is 0.861. The van der Waals surface area contributed by atoms with E-state index in [1.165, 1.54) is 0 Å². The fourth-order valence-corrected chi connectivity index (χ4v) is 0.861. The van der Waals surface area contributed by atoms with E-state index in [0.717, 1.165) is 6.92 Å². The molecule has 0 aromatic heterocycles. The number of nitrogens with one attached hydrogen (secondary N) is 1. The maximum atomic E-state index is 11.1. The molecule has 0 aliphatic rings. The van der Waals surface area contributed by atoms with Crippen LogP contribution in [0.2, 0.25) is 0 Å². The zero-order valence-corrected chi connectivity index (χ0v) is 9.38. The minimum atomic E-state index is -0.977. The molecule has 0 spiro atoms. The molecule has 0 saturated carbocycles. The van der Waals surface area contributed by atoms with E-state index in [4.69, 9.17) is 22.1 Å². The second kappa shape index (κ2) is 7.41. The van der Waals surface area contributed by atoms with Gasteiger partial charge in [0.1, 0.15) is 6.04 Å². The van der Waals surface area contributed by atoms with Gasteiger partial charge in [0.2, 0.25) is 5.96 Å². The summed E-state index contributed by atoms with van der Waals surface area (Å²) in [5.74, 6) is -2.14. The van der Waals surface area contributed by atoms with Gasteiger partial charge in [0, 0.05) is 13.5 Å². The Morgan fingerprint density at radius 1 is 1.47 bits per heavy atom. The normalized spacial score (nSPS) is 11.5. The summed E-state index contributed by atoms with van der Waals surface area (Å²) < 4.78 is 0. The van der Waals surface area contributed by atoms with Gasteiger partial charge in [-0.1, -0.05) is 0 Å². The predicted molar refractivity (Wildman–Crippen MR) is 55.5 cm³/mol. The Morgan fingerprint density at radius 3 is 2.53 bits per heavy atom. The summed E-state index contributed by atoms with van der Waals surface area (Å²) in [7, 11) is 0. The van der Waals surface area contributed by atoms with Crippen LogP contribution in [0.15, 0.2) is 0 Å². The first-order valence-corrected chi connectivity index (χ1v) is 4.79. The van der Waals surface area contributed by atoms with Crippen molar-refractivity contribution < 1.29 is 24.6 Å². The molecule has 98 valence electrons. The zero-order valence-electron chi connectivity index (χ0n) is 9.38. The van der Waals surface area contributed by atoms with Crippen molar-refractivity contribution in [2.75, 3.05) is 6.54 Å². The molecule has 0 saturated heterocycles. The molecule has 17 heavy (non-hydrogen) atoms. The van der Waals surface area contributed by atoms with Gasteiger partial charge in [0.25, 0.3) is 0 Å². The van der Waals surface area contributed by atoms with Gasteiger partial charge in [-0.2, -0.15) is 0 Å². The number of guanidine groups is 1. The summed E-state index contributed by atoms with van der Waals surface area (Å²) in [6.45, 7) is 1.14. The van der Waals surface area contributed by atoms with Crippen molar-refractivity contribution in [2.45, 2.75) is 25.8 Å². The second-order valence-electron chi connectivity index (χ2n) is 3.23. The average molecular weight is 248 g/mol. The summed E-state index contributed by atoms with van der Waals surface area (Å²) in [5, 5.41) is 16.4. The van der Waals surface area contributed by atoms with E-state index in [-0.39, 0.29) is 13.0 Å². The monoisotopic (exact) mass is 248 g/mol. The Morgan fingerprint density at radius 2 is 2.06 bits per heavy atom. The SMILES string of the molecule is CC(=O)OOC(=O)[C@@H](N)CCCN(O)C(=N)N. The molecule has 0 radical (unpaired) electrons. The van der Waals surface area contributed by atoms with Crippen molar-refractivity contribution in [2.24, 2.45) is 11.5 Å². The molecule has 0 bridgehead atoms. The molecule has 0 heterocycles. The molecule has 9 nitrogen and oxygen atoms in total. The minimum Gasteiger partial charge on any atom is -0.368 e. The van der Waals surface area contributed by atoms with Gasteiger partial charge in [-0.15, -0.1) is 0 Å².